The second-order valence-corrected chi connectivity index (χ2v) is 3.51. The number of fused-ring (bicyclic) bond motifs is 2. The van der Waals surface area contributed by atoms with Crippen molar-refractivity contribution in [1.29, 1.82) is 0 Å². The number of aromatic nitrogens is 1. The van der Waals surface area contributed by atoms with Crippen LogP contribution in [-0.4, -0.2) is 4.98 Å². The van der Waals surface area contributed by atoms with E-state index in [2.05, 4.69) is 40.7 Å². The standard InChI is InChI=1S/C13H10N2/c1-2-12-8-10-3-6-14-7-4-11(10)9-13(12)15-5-1/h1-9,14H. The summed E-state index contributed by atoms with van der Waals surface area (Å²) in [6.07, 6.45) is 9.82. The fourth-order valence-electron chi connectivity index (χ4n) is 1.77. The Bertz CT molecular complexity index is 517. The highest BCUT2D eigenvalue weighted by Crippen LogP contribution is 2.21. The van der Waals surface area contributed by atoms with Gasteiger partial charge in [0.2, 0.25) is 0 Å². The SMILES string of the molecule is C1=Cc2cc3cccnc3cc2C=CN1. The lowest BCUT2D eigenvalue weighted by atomic mass is 10.0. The summed E-state index contributed by atoms with van der Waals surface area (Å²) in [6, 6.07) is 8.31. The molecule has 2 heteroatoms. The minimum absolute atomic E-state index is 1.04. The zero-order chi connectivity index (χ0) is 10.1. The highest BCUT2D eigenvalue weighted by molar-refractivity contribution is 5.85. The monoisotopic (exact) mass is 194 g/mol. The van der Waals surface area contributed by atoms with Gasteiger partial charge in [-0.1, -0.05) is 6.07 Å². The molecule has 2 nitrogen and oxygen atoms in total. The van der Waals surface area contributed by atoms with Gasteiger partial charge in [-0.2, -0.15) is 0 Å². The molecule has 1 N–H and O–H groups in total. The average molecular weight is 194 g/mol. The van der Waals surface area contributed by atoms with Crippen LogP contribution in [0.1, 0.15) is 11.1 Å². The molecular weight excluding hydrogens is 184 g/mol. The summed E-state index contributed by atoms with van der Waals surface area (Å²) in [5.74, 6) is 0. The molecule has 2 heterocycles. The van der Waals surface area contributed by atoms with Crippen LogP contribution in [0.25, 0.3) is 23.1 Å². The normalized spacial score (nSPS) is 13.3. The highest BCUT2D eigenvalue weighted by Gasteiger charge is 2.02. The van der Waals surface area contributed by atoms with Crippen molar-refractivity contribution < 1.29 is 0 Å². The molecule has 1 aromatic carbocycles. The van der Waals surface area contributed by atoms with Gasteiger partial charge in [0.05, 0.1) is 5.52 Å². The molecule has 72 valence electrons. The second-order valence-electron chi connectivity index (χ2n) is 3.51. The minimum Gasteiger partial charge on any atom is -0.368 e. The predicted octanol–water partition coefficient (Wildman–Crippen LogP) is 2.78. The van der Waals surface area contributed by atoms with Crippen molar-refractivity contribution in [2.45, 2.75) is 0 Å². The Labute approximate surface area is 88.0 Å². The second kappa shape index (κ2) is 3.24. The number of rotatable bonds is 0. The van der Waals surface area contributed by atoms with E-state index >= 15 is 0 Å². The van der Waals surface area contributed by atoms with Crippen molar-refractivity contribution in [2.24, 2.45) is 0 Å². The molecule has 0 fully saturated rings. The number of pyridine rings is 1. The van der Waals surface area contributed by atoms with Crippen LogP contribution in [0.15, 0.2) is 42.9 Å². The molecule has 3 rings (SSSR count). The first-order chi connectivity index (χ1) is 7.43. The van der Waals surface area contributed by atoms with Crippen LogP contribution in [0.3, 0.4) is 0 Å². The molecule has 0 saturated carbocycles. The number of nitrogens with zero attached hydrogens (tertiary/aromatic N) is 1. The van der Waals surface area contributed by atoms with E-state index in [0.717, 1.165) is 5.52 Å². The summed E-state index contributed by atoms with van der Waals surface area (Å²) in [5.41, 5.74) is 3.45. The van der Waals surface area contributed by atoms with Crippen LogP contribution in [0.4, 0.5) is 0 Å². The predicted molar refractivity (Wildman–Crippen MR) is 62.9 cm³/mol. The molecule has 1 aliphatic heterocycles. The third kappa shape index (κ3) is 1.40. The topological polar surface area (TPSA) is 24.9 Å². The van der Waals surface area contributed by atoms with Crippen molar-refractivity contribution in [3.8, 4) is 0 Å². The molecule has 0 spiro atoms. The van der Waals surface area contributed by atoms with Gasteiger partial charge in [-0.05, 0) is 41.5 Å². The lowest BCUT2D eigenvalue weighted by molar-refractivity contribution is 1.22. The number of hydrogen-bond acceptors (Lipinski definition) is 2. The van der Waals surface area contributed by atoms with Gasteiger partial charge in [0.25, 0.3) is 0 Å². The van der Waals surface area contributed by atoms with Crippen LogP contribution in [0.5, 0.6) is 0 Å². The maximum Gasteiger partial charge on any atom is 0.0708 e. The Balaban J connectivity index is 2.35. The summed E-state index contributed by atoms with van der Waals surface area (Å²) >= 11 is 0. The largest absolute Gasteiger partial charge is 0.368 e. The lowest BCUT2D eigenvalue weighted by Gasteiger charge is -2.02. The number of hydrogen-bond donors (Lipinski definition) is 1. The summed E-state index contributed by atoms with van der Waals surface area (Å²) in [7, 11) is 0. The molecule has 0 atom stereocenters. The van der Waals surface area contributed by atoms with Gasteiger partial charge >= 0.3 is 0 Å². The van der Waals surface area contributed by atoms with Gasteiger partial charge < -0.3 is 5.32 Å². The first kappa shape index (κ1) is 8.24. The maximum atomic E-state index is 4.34. The van der Waals surface area contributed by atoms with Gasteiger partial charge in [-0.15, -0.1) is 0 Å². The smallest absolute Gasteiger partial charge is 0.0708 e. The first-order valence-electron chi connectivity index (χ1n) is 4.91. The van der Waals surface area contributed by atoms with Gasteiger partial charge in [-0.3, -0.25) is 4.98 Å². The van der Waals surface area contributed by atoms with E-state index in [9.17, 15) is 0 Å². The van der Waals surface area contributed by atoms with E-state index in [1.807, 2.05) is 24.7 Å². The molecule has 15 heavy (non-hydrogen) atoms. The highest BCUT2D eigenvalue weighted by atomic mass is 14.8. The van der Waals surface area contributed by atoms with Gasteiger partial charge in [0.1, 0.15) is 0 Å². The maximum absolute atomic E-state index is 4.34. The molecule has 0 radical (unpaired) electrons. The Kier molecular flexibility index (Phi) is 1.78. The van der Waals surface area contributed by atoms with Crippen LogP contribution < -0.4 is 5.32 Å². The Morgan fingerprint density at radius 1 is 1.00 bits per heavy atom. The van der Waals surface area contributed by atoms with Crippen LogP contribution in [0.2, 0.25) is 0 Å². The van der Waals surface area contributed by atoms with E-state index in [-0.39, 0.29) is 0 Å². The van der Waals surface area contributed by atoms with E-state index in [1.54, 1.807) is 0 Å². The summed E-state index contributed by atoms with van der Waals surface area (Å²) < 4.78 is 0. The van der Waals surface area contributed by atoms with Crippen LogP contribution >= 0.6 is 0 Å². The number of benzene rings is 1. The first-order valence-corrected chi connectivity index (χ1v) is 4.91. The van der Waals surface area contributed by atoms with Crippen molar-refractivity contribution in [3.63, 3.8) is 0 Å². The number of nitrogens with one attached hydrogen (secondary N) is 1. The Morgan fingerprint density at radius 2 is 1.80 bits per heavy atom. The molecule has 0 aliphatic carbocycles. The van der Waals surface area contributed by atoms with E-state index in [4.69, 9.17) is 0 Å². The van der Waals surface area contributed by atoms with Gasteiger partial charge in [0, 0.05) is 24.0 Å². The molecule has 0 saturated heterocycles. The summed E-state index contributed by atoms with van der Waals surface area (Å²) in [4.78, 5) is 4.34. The Hall–Kier alpha value is -2.09. The molecule has 1 aliphatic rings. The van der Waals surface area contributed by atoms with Crippen LogP contribution in [0, 0.1) is 0 Å². The summed E-state index contributed by atoms with van der Waals surface area (Å²) in [6.45, 7) is 0. The van der Waals surface area contributed by atoms with Gasteiger partial charge in [-0.25, -0.2) is 0 Å². The molecule has 0 amide bonds. The lowest BCUT2D eigenvalue weighted by Crippen LogP contribution is -1.87. The van der Waals surface area contributed by atoms with E-state index < -0.39 is 0 Å². The molecule has 2 aromatic rings. The third-order valence-electron chi connectivity index (χ3n) is 2.53. The minimum atomic E-state index is 1.04. The fraction of sp³-hybridized carbons (Fsp3) is 0. The fourth-order valence-corrected chi connectivity index (χ4v) is 1.77. The zero-order valence-corrected chi connectivity index (χ0v) is 8.14. The third-order valence-corrected chi connectivity index (χ3v) is 2.53. The molecule has 1 aromatic heterocycles. The zero-order valence-electron chi connectivity index (χ0n) is 8.14. The average Bonchev–Trinajstić information content (AvgIpc) is 2.50. The molecular formula is C13H10N2. The summed E-state index contributed by atoms with van der Waals surface area (Å²) in [5, 5.41) is 4.24. The van der Waals surface area contributed by atoms with E-state index in [0.29, 0.717) is 0 Å². The van der Waals surface area contributed by atoms with E-state index in [1.165, 1.54) is 16.5 Å². The Morgan fingerprint density at radius 3 is 2.67 bits per heavy atom. The quantitative estimate of drug-likeness (QED) is 0.697. The van der Waals surface area contributed by atoms with Gasteiger partial charge in [0.15, 0.2) is 0 Å². The van der Waals surface area contributed by atoms with Crippen molar-refractivity contribution in [3.05, 3.63) is 54.0 Å². The van der Waals surface area contributed by atoms with Crippen molar-refractivity contribution >= 4 is 23.1 Å². The molecule has 0 bridgehead atoms. The van der Waals surface area contributed by atoms with Crippen molar-refractivity contribution in [2.75, 3.05) is 0 Å². The van der Waals surface area contributed by atoms with Crippen LogP contribution in [-0.2, 0) is 0 Å². The molecule has 0 unspecified atom stereocenters. The van der Waals surface area contributed by atoms with Crippen molar-refractivity contribution in [1.82, 2.24) is 10.3 Å².